The first-order valence-corrected chi connectivity index (χ1v) is 5.07. The lowest BCUT2D eigenvalue weighted by atomic mass is 10.2. The average Bonchev–Trinajstić information content (AvgIpc) is 2.17. The molecule has 2 nitrogen and oxygen atoms in total. The monoisotopic (exact) mass is 180 g/mol. The fourth-order valence-electron chi connectivity index (χ4n) is 1.29. The molecule has 0 saturated carbocycles. The highest BCUT2D eigenvalue weighted by Crippen LogP contribution is 2.32. The summed E-state index contributed by atoms with van der Waals surface area (Å²) in [7, 11) is 1.95. The maximum atomic E-state index is 3.37. The summed E-state index contributed by atoms with van der Waals surface area (Å²) in [5, 5.41) is 6.50. The molecule has 0 bridgehead atoms. The SMILES string of the molecule is CNc1ccc2c(c1)SCCN2. The molecule has 1 aromatic carbocycles. The van der Waals surface area contributed by atoms with Crippen LogP contribution in [-0.4, -0.2) is 19.3 Å². The Morgan fingerprint density at radius 3 is 3.25 bits per heavy atom. The van der Waals surface area contributed by atoms with Crippen LogP contribution in [0, 0.1) is 0 Å². The number of nitrogens with one attached hydrogen (secondary N) is 2. The molecule has 0 aromatic heterocycles. The van der Waals surface area contributed by atoms with Crippen LogP contribution in [0.1, 0.15) is 0 Å². The van der Waals surface area contributed by atoms with E-state index in [0.29, 0.717) is 0 Å². The molecule has 3 heteroatoms. The molecule has 0 amide bonds. The summed E-state index contributed by atoms with van der Waals surface area (Å²) >= 11 is 1.92. The highest BCUT2D eigenvalue weighted by atomic mass is 32.2. The highest BCUT2D eigenvalue weighted by Gasteiger charge is 2.08. The first-order valence-electron chi connectivity index (χ1n) is 4.08. The van der Waals surface area contributed by atoms with Crippen LogP contribution in [0.5, 0.6) is 0 Å². The lowest BCUT2D eigenvalue weighted by molar-refractivity contribution is 1.17. The summed E-state index contributed by atoms with van der Waals surface area (Å²) in [6.45, 7) is 1.08. The van der Waals surface area contributed by atoms with E-state index in [1.165, 1.54) is 22.0 Å². The molecule has 0 radical (unpaired) electrons. The van der Waals surface area contributed by atoms with E-state index >= 15 is 0 Å². The van der Waals surface area contributed by atoms with Gasteiger partial charge in [0.25, 0.3) is 0 Å². The van der Waals surface area contributed by atoms with Crippen LogP contribution in [0.15, 0.2) is 23.1 Å². The van der Waals surface area contributed by atoms with Crippen LogP contribution in [0.2, 0.25) is 0 Å². The Morgan fingerprint density at radius 2 is 2.42 bits per heavy atom. The van der Waals surface area contributed by atoms with Gasteiger partial charge in [0.15, 0.2) is 0 Å². The molecule has 0 unspecified atom stereocenters. The standard InChI is InChI=1S/C9H12N2S/c1-10-7-2-3-8-9(6-7)12-5-4-11-8/h2-3,6,10-11H,4-5H2,1H3. The van der Waals surface area contributed by atoms with Gasteiger partial charge in [-0.1, -0.05) is 0 Å². The fourth-order valence-corrected chi connectivity index (χ4v) is 2.22. The smallest absolute Gasteiger partial charge is 0.0480 e. The van der Waals surface area contributed by atoms with Gasteiger partial charge in [0, 0.05) is 35.6 Å². The number of hydrogen-bond acceptors (Lipinski definition) is 3. The molecule has 1 aliphatic rings. The first-order chi connectivity index (χ1) is 5.90. The van der Waals surface area contributed by atoms with Gasteiger partial charge >= 0.3 is 0 Å². The highest BCUT2D eigenvalue weighted by molar-refractivity contribution is 7.99. The maximum Gasteiger partial charge on any atom is 0.0480 e. The molecule has 2 rings (SSSR count). The van der Waals surface area contributed by atoms with Crippen molar-refractivity contribution in [1.82, 2.24) is 0 Å². The zero-order valence-corrected chi connectivity index (χ0v) is 7.87. The minimum Gasteiger partial charge on any atom is -0.388 e. The molecule has 0 saturated heterocycles. The predicted molar refractivity (Wildman–Crippen MR) is 55.2 cm³/mol. The topological polar surface area (TPSA) is 24.1 Å². The average molecular weight is 180 g/mol. The molecule has 12 heavy (non-hydrogen) atoms. The van der Waals surface area contributed by atoms with Crippen molar-refractivity contribution in [3.8, 4) is 0 Å². The van der Waals surface area contributed by atoms with E-state index in [9.17, 15) is 0 Å². The molecule has 0 aliphatic carbocycles. The summed E-state index contributed by atoms with van der Waals surface area (Å²) in [5.41, 5.74) is 2.45. The van der Waals surface area contributed by atoms with Gasteiger partial charge in [0.05, 0.1) is 0 Å². The molecular formula is C9H12N2S. The van der Waals surface area contributed by atoms with Gasteiger partial charge in [-0.15, -0.1) is 11.8 Å². The molecular weight excluding hydrogens is 168 g/mol. The van der Waals surface area contributed by atoms with Gasteiger partial charge in [-0.25, -0.2) is 0 Å². The van der Waals surface area contributed by atoms with E-state index in [0.717, 1.165) is 6.54 Å². The second-order valence-corrected chi connectivity index (χ2v) is 3.87. The van der Waals surface area contributed by atoms with Crippen molar-refractivity contribution in [3.05, 3.63) is 18.2 Å². The van der Waals surface area contributed by atoms with Crippen molar-refractivity contribution >= 4 is 23.1 Å². The molecule has 0 spiro atoms. The predicted octanol–water partition coefficient (Wildman–Crippen LogP) is 2.25. The maximum absolute atomic E-state index is 3.37. The van der Waals surface area contributed by atoms with Crippen LogP contribution in [0.4, 0.5) is 11.4 Å². The second kappa shape index (κ2) is 3.27. The summed E-state index contributed by atoms with van der Waals surface area (Å²) in [5.74, 6) is 1.17. The molecule has 1 heterocycles. The number of rotatable bonds is 1. The van der Waals surface area contributed by atoms with Gasteiger partial charge in [-0.2, -0.15) is 0 Å². The fraction of sp³-hybridized carbons (Fsp3) is 0.333. The summed E-state index contributed by atoms with van der Waals surface area (Å²) < 4.78 is 0. The van der Waals surface area contributed by atoms with Gasteiger partial charge in [0.2, 0.25) is 0 Å². The van der Waals surface area contributed by atoms with Gasteiger partial charge in [-0.05, 0) is 18.2 Å². The normalized spacial score (nSPS) is 14.8. The largest absolute Gasteiger partial charge is 0.388 e. The van der Waals surface area contributed by atoms with E-state index < -0.39 is 0 Å². The molecule has 64 valence electrons. The van der Waals surface area contributed by atoms with Crippen molar-refractivity contribution in [1.29, 1.82) is 0 Å². The van der Waals surface area contributed by atoms with E-state index in [1.54, 1.807) is 0 Å². The van der Waals surface area contributed by atoms with Crippen LogP contribution in [0.25, 0.3) is 0 Å². The molecule has 2 N–H and O–H groups in total. The van der Waals surface area contributed by atoms with E-state index in [2.05, 4.69) is 28.8 Å². The first kappa shape index (κ1) is 7.80. The lowest BCUT2D eigenvalue weighted by Crippen LogP contribution is -2.09. The van der Waals surface area contributed by atoms with Crippen LogP contribution in [0.3, 0.4) is 0 Å². The van der Waals surface area contributed by atoms with Crippen molar-refractivity contribution in [2.75, 3.05) is 30.0 Å². The van der Waals surface area contributed by atoms with Gasteiger partial charge in [-0.3, -0.25) is 0 Å². The number of hydrogen-bond donors (Lipinski definition) is 2. The Labute approximate surface area is 76.7 Å². The van der Waals surface area contributed by atoms with E-state index in [4.69, 9.17) is 0 Å². The third-order valence-corrected chi connectivity index (χ3v) is 3.00. The van der Waals surface area contributed by atoms with Crippen molar-refractivity contribution in [3.63, 3.8) is 0 Å². The van der Waals surface area contributed by atoms with Crippen LogP contribution >= 0.6 is 11.8 Å². The van der Waals surface area contributed by atoms with Crippen molar-refractivity contribution in [2.24, 2.45) is 0 Å². The Bertz CT molecular complexity index is 286. The van der Waals surface area contributed by atoms with Crippen LogP contribution in [-0.2, 0) is 0 Å². The second-order valence-electron chi connectivity index (χ2n) is 2.74. The summed E-state index contributed by atoms with van der Waals surface area (Å²) in [6.07, 6.45) is 0. The number of benzene rings is 1. The van der Waals surface area contributed by atoms with E-state index in [1.807, 2.05) is 18.8 Å². The third kappa shape index (κ3) is 1.37. The molecule has 1 aliphatic heterocycles. The van der Waals surface area contributed by atoms with Gasteiger partial charge < -0.3 is 10.6 Å². The minimum absolute atomic E-state index is 1.08. The zero-order valence-electron chi connectivity index (χ0n) is 7.05. The third-order valence-electron chi connectivity index (χ3n) is 1.95. The van der Waals surface area contributed by atoms with Gasteiger partial charge in [0.1, 0.15) is 0 Å². The lowest BCUT2D eigenvalue weighted by Gasteiger charge is -2.17. The number of anilines is 2. The van der Waals surface area contributed by atoms with Crippen LogP contribution < -0.4 is 10.6 Å². The minimum atomic E-state index is 1.08. The Hall–Kier alpha value is -0.830. The number of fused-ring (bicyclic) bond motifs is 1. The van der Waals surface area contributed by atoms with E-state index in [-0.39, 0.29) is 0 Å². The Balaban J connectivity index is 2.36. The zero-order chi connectivity index (χ0) is 8.39. The molecule has 1 aromatic rings. The quantitative estimate of drug-likeness (QED) is 0.693. The summed E-state index contributed by atoms with van der Waals surface area (Å²) in [4.78, 5) is 1.35. The molecule has 0 atom stereocenters. The number of thioether (sulfide) groups is 1. The van der Waals surface area contributed by atoms with Crippen molar-refractivity contribution < 1.29 is 0 Å². The Morgan fingerprint density at radius 1 is 1.50 bits per heavy atom. The Kier molecular flexibility index (Phi) is 2.13. The molecule has 0 fully saturated rings. The van der Waals surface area contributed by atoms with Crippen molar-refractivity contribution in [2.45, 2.75) is 4.90 Å². The summed E-state index contributed by atoms with van der Waals surface area (Å²) in [6, 6.07) is 6.41.